The quantitative estimate of drug-likeness (QED) is 0.508. The third-order valence-corrected chi connectivity index (χ3v) is 1.77. The van der Waals surface area contributed by atoms with Gasteiger partial charge in [0, 0.05) is 10.2 Å². The first-order chi connectivity index (χ1) is 3.27. The van der Waals surface area contributed by atoms with Crippen molar-refractivity contribution >= 4 is 42.1 Å². The normalized spacial score (nSPS) is 11.9. The maximum absolute atomic E-state index is 3.36. The standard InChI is InChI=1S/C4H8Br2Si/c5-4(6)2-1-3-7/h1,3-4H,2H2,7H3. The largest absolute Gasteiger partial charge is 0.109 e. The molecule has 0 bridgehead atoms. The Morgan fingerprint density at radius 2 is 2.14 bits per heavy atom. The SMILES string of the molecule is [SiH3]C=CCC(Br)Br. The molecule has 0 aliphatic carbocycles. The zero-order valence-electron chi connectivity index (χ0n) is 4.20. The smallest absolute Gasteiger partial charge is 0.0732 e. The van der Waals surface area contributed by atoms with E-state index in [9.17, 15) is 0 Å². The Bertz CT molecular complexity index is 60.7. The molecule has 0 aliphatic heterocycles. The van der Waals surface area contributed by atoms with Crippen molar-refractivity contribution in [3.63, 3.8) is 0 Å². The third-order valence-electron chi connectivity index (χ3n) is 0.550. The highest BCUT2D eigenvalue weighted by Crippen LogP contribution is 2.11. The van der Waals surface area contributed by atoms with Crippen molar-refractivity contribution in [2.45, 2.75) is 10.2 Å². The van der Waals surface area contributed by atoms with Crippen molar-refractivity contribution < 1.29 is 0 Å². The average Bonchev–Trinajstić information content (AvgIpc) is 1.61. The number of halogens is 2. The van der Waals surface area contributed by atoms with E-state index >= 15 is 0 Å². The summed E-state index contributed by atoms with van der Waals surface area (Å²) in [5.41, 5.74) is 2.18. The number of allylic oxidation sites excluding steroid dienone is 1. The van der Waals surface area contributed by atoms with Crippen LogP contribution in [0, 0.1) is 0 Å². The molecule has 0 aliphatic rings. The van der Waals surface area contributed by atoms with Crippen LogP contribution in [0.3, 0.4) is 0 Å². The van der Waals surface area contributed by atoms with E-state index in [-0.39, 0.29) is 0 Å². The lowest BCUT2D eigenvalue weighted by molar-refractivity contribution is 1.22. The minimum atomic E-state index is 0.463. The molecule has 7 heavy (non-hydrogen) atoms. The minimum absolute atomic E-state index is 0.463. The van der Waals surface area contributed by atoms with Crippen molar-refractivity contribution in [2.24, 2.45) is 0 Å². The summed E-state index contributed by atoms with van der Waals surface area (Å²) in [5.74, 6) is 0. The molecule has 3 heteroatoms. The Kier molecular flexibility index (Phi) is 5.72. The average molecular weight is 244 g/mol. The lowest BCUT2D eigenvalue weighted by Gasteiger charge is -1.89. The molecule has 0 aromatic rings. The summed E-state index contributed by atoms with van der Waals surface area (Å²) in [4.78, 5) is 0. The number of hydrogen-bond donors (Lipinski definition) is 0. The van der Waals surface area contributed by atoms with Gasteiger partial charge in [-0.3, -0.25) is 0 Å². The first-order valence-corrected chi connectivity index (χ1v) is 5.15. The summed E-state index contributed by atoms with van der Waals surface area (Å²) in [6.45, 7) is 0. The van der Waals surface area contributed by atoms with Crippen LogP contribution < -0.4 is 0 Å². The molecule has 0 saturated carbocycles. The number of alkyl halides is 2. The van der Waals surface area contributed by atoms with Crippen molar-refractivity contribution in [1.29, 1.82) is 0 Å². The van der Waals surface area contributed by atoms with Gasteiger partial charge in [0.2, 0.25) is 0 Å². The van der Waals surface area contributed by atoms with Crippen molar-refractivity contribution in [3.05, 3.63) is 11.8 Å². The van der Waals surface area contributed by atoms with Gasteiger partial charge < -0.3 is 0 Å². The van der Waals surface area contributed by atoms with Crippen molar-refractivity contribution in [2.75, 3.05) is 0 Å². The summed E-state index contributed by atoms with van der Waals surface area (Å²) in [7, 11) is 1.17. The molecule has 0 saturated heterocycles. The van der Waals surface area contributed by atoms with Gasteiger partial charge in [-0.25, -0.2) is 0 Å². The van der Waals surface area contributed by atoms with Gasteiger partial charge in [0.05, 0.1) is 3.74 Å². The van der Waals surface area contributed by atoms with Crippen molar-refractivity contribution in [1.82, 2.24) is 0 Å². The molecule has 0 atom stereocenters. The second-order valence-corrected chi connectivity index (χ2v) is 5.30. The predicted octanol–water partition coefficient (Wildman–Crippen LogP) is 1.37. The van der Waals surface area contributed by atoms with E-state index in [1.54, 1.807) is 0 Å². The maximum atomic E-state index is 3.36. The molecule has 42 valence electrons. The fourth-order valence-corrected chi connectivity index (χ4v) is 0.943. The van der Waals surface area contributed by atoms with Crippen LogP contribution in [0.5, 0.6) is 0 Å². The molecular weight excluding hydrogens is 236 g/mol. The Balaban J connectivity index is 2.97. The Morgan fingerprint density at radius 1 is 1.57 bits per heavy atom. The Labute approximate surface area is 64.1 Å². The summed E-state index contributed by atoms with van der Waals surface area (Å²) >= 11 is 6.71. The van der Waals surface area contributed by atoms with E-state index < -0.39 is 0 Å². The van der Waals surface area contributed by atoms with E-state index in [0.29, 0.717) is 3.74 Å². The highest BCUT2D eigenvalue weighted by atomic mass is 79.9. The molecule has 0 aromatic carbocycles. The monoisotopic (exact) mass is 242 g/mol. The van der Waals surface area contributed by atoms with Crippen LogP contribution in [-0.4, -0.2) is 14.0 Å². The third kappa shape index (κ3) is 6.92. The van der Waals surface area contributed by atoms with E-state index in [2.05, 4.69) is 43.6 Å². The zero-order valence-corrected chi connectivity index (χ0v) is 9.37. The molecule has 0 rings (SSSR count). The van der Waals surface area contributed by atoms with Gasteiger partial charge in [-0.15, -0.1) is 5.70 Å². The highest BCUT2D eigenvalue weighted by Gasteiger charge is 1.88. The lowest BCUT2D eigenvalue weighted by Crippen LogP contribution is -1.77. The predicted molar refractivity (Wildman–Crippen MR) is 45.3 cm³/mol. The van der Waals surface area contributed by atoms with Gasteiger partial charge in [-0.1, -0.05) is 37.9 Å². The van der Waals surface area contributed by atoms with Gasteiger partial charge >= 0.3 is 0 Å². The molecule has 0 radical (unpaired) electrons. The fourth-order valence-electron chi connectivity index (χ4n) is 0.239. The van der Waals surface area contributed by atoms with E-state index in [1.165, 1.54) is 10.2 Å². The van der Waals surface area contributed by atoms with Gasteiger partial charge in [0.1, 0.15) is 0 Å². The Hall–Kier alpha value is 0.917. The molecule has 0 heterocycles. The molecular formula is C4H8Br2Si. The summed E-state index contributed by atoms with van der Waals surface area (Å²) in [6.07, 6.45) is 3.25. The van der Waals surface area contributed by atoms with Gasteiger partial charge in [-0.2, -0.15) is 0 Å². The highest BCUT2D eigenvalue weighted by molar-refractivity contribution is 9.24. The number of rotatable bonds is 2. The molecule has 0 aromatic heterocycles. The Morgan fingerprint density at radius 3 is 2.29 bits per heavy atom. The zero-order chi connectivity index (χ0) is 5.70. The first-order valence-electron chi connectivity index (χ1n) is 2.16. The van der Waals surface area contributed by atoms with Crippen LogP contribution >= 0.6 is 31.9 Å². The van der Waals surface area contributed by atoms with Gasteiger partial charge in [0.25, 0.3) is 0 Å². The molecule has 0 spiro atoms. The molecule has 0 amide bonds. The molecule has 0 fully saturated rings. The summed E-state index contributed by atoms with van der Waals surface area (Å²) in [6, 6.07) is 0. The van der Waals surface area contributed by atoms with Crippen LogP contribution in [-0.2, 0) is 0 Å². The minimum Gasteiger partial charge on any atom is -0.109 e. The van der Waals surface area contributed by atoms with E-state index in [0.717, 1.165) is 6.42 Å². The van der Waals surface area contributed by atoms with Crippen LogP contribution in [0.2, 0.25) is 0 Å². The first kappa shape index (κ1) is 7.92. The molecule has 0 N–H and O–H groups in total. The van der Waals surface area contributed by atoms with E-state index in [4.69, 9.17) is 0 Å². The van der Waals surface area contributed by atoms with Crippen LogP contribution in [0.4, 0.5) is 0 Å². The summed E-state index contributed by atoms with van der Waals surface area (Å²) < 4.78 is 0.463. The van der Waals surface area contributed by atoms with Crippen LogP contribution in [0.1, 0.15) is 6.42 Å². The summed E-state index contributed by atoms with van der Waals surface area (Å²) in [5, 5.41) is 0. The van der Waals surface area contributed by atoms with E-state index in [1.807, 2.05) is 0 Å². The number of hydrogen-bond acceptors (Lipinski definition) is 0. The topological polar surface area (TPSA) is 0 Å². The second-order valence-electron chi connectivity index (χ2n) is 1.20. The van der Waals surface area contributed by atoms with Crippen LogP contribution in [0.25, 0.3) is 0 Å². The lowest BCUT2D eigenvalue weighted by atomic mass is 10.5. The van der Waals surface area contributed by atoms with Crippen molar-refractivity contribution in [3.8, 4) is 0 Å². The van der Waals surface area contributed by atoms with Gasteiger partial charge in [0.15, 0.2) is 0 Å². The maximum Gasteiger partial charge on any atom is 0.0732 e. The van der Waals surface area contributed by atoms with Gasteiger partial charge in [-0.05, 0) is 6.42 Å². The second kappa shape index (κ2) is 5.06. The molecule has 0 unspecified atom stereocenters. The van der Waals surface area contributed by atoms with Crippen LogP contribution in [0.15, 0.2) is 11.8 Å². The fraction of sp³-hybridized carbons (Fsp3) is 0.500. The molecule has 0 nitrogen and oxygen atoms in total.